The van der Waals surface area contributed by atoms with Crippen LogP contribution < -0.4 is 10.2 Å². The SMILES string of the molecule is O=C(CCC(=O)c1ccc(Cl)cc1)NCC1CN(c2ccccc2)C(=O)O1. The second kappa shape index (κ2) is 8.68. The fourth-order valence-electron chi connectivity index (χ4n) is 2.77. The molecular formula is C20H19ClN2O4. The lowest BCUT2D eigenvalue weighted by molar-refractivity contribution is -0.121. The normalized spacial score (nSPS) is 16.1. The van der Waals surface area contributed by atoms with Gasteiger partial charge >= 0.3 is 6.09 Å². The molecule has 1 N–H and O–H groups in total. The molecule has 7 heteroatoms. The maximum absolute atomic E-state index is 12.1. The van der Waals surface area contributed by atoms with E-state index in [-0.39, 0.29) is 31.1 Å². The van der Waals surface area contributed by atoms with Gasteiger partial charge in [-0.15, -0.1) is 0 Å². The van der Waals surface area contributed by atoms with Crippen LogP contribution in [0, 0.1) is 0 Å². The van der Waals surface area contributed by atoms with Crippen molar-refractivity contribution >= 4 is 35.1 Å². The molecule has 6 nitrogen and oxygen atoms in total. The molecule has 0 spiro atoms. The molecule has 27 heavy (non-hydrogen) atoms. The first-order chi connectivity index (χ1) is 13.0. The number of ether oxygens (including phenoxy) is 1. The number of cyclic esters (lactones) is 1. The number of benzene rings is 2. The Morgan fingerprint density at radius 1 is 1.07 bits per heavy atom. The van der Waals surface area contributed by atoms with Gasteiger partial charge in [0, 0.05) is 29.1 Å². The molecule has 0 saturated carbocycles. The molecule has 1 fully saturated rings. The maximum Gasteiger partial charge on any atom is 0.414 e. The number of nitrogens with zero attached hydrogens (tertiary/aromatic N) is 1. The quantitative estimate of drug-likeness (QED) is 0.739. The predicted molar refractivity (Wildman–Crippen MR) is 102 cm³/mol. The van der Waals surface area contributed by atoms with E-state index in [1.807, 2.05) is 30.3 Å². The van der Waals surface area contributed by atoms with Crippen LogP contribution in [0.4, 0.5) is 10.5 Å². The van der Waals surface area contributed by atoms with Crippen molar-refractivity contribution in [2.45, 2.75) is 18.9 Å². The van der Waals surface area contributed by atoms with Gasteiger partial charge in [-0.1, -0.05) is 29.8 Å². The molecule has 2 aromatic rings. The van der Waals surface area contributed by atoms with Crippen LogP contribution in [0.3, 0.4) is 0 Å². The zero-order valence-electron chi connectivity index (χ0n) is 14.6. The summed E-state index contributed by atoms with van der Waals surface area (Å²) in [7, 11) is 0. The van der Waals surface area contributed by atoms with Crippen molar-refractivity contribution in [1.82, 2.24) is 5.32 Å². The number of carbonyl (C=O) groups excluding carboxylic acids is 3. The Hall–Kier alpha value is -2.86. The minimum atomic E-state index is -0.432. The van der Waals surface area contributed by atoms with Gasteiger partial charge < -0.3 is 10.1 Å². The van der Waals surface area contributed by atoms with E-state index in [0.717, 1.165) is 5.69 Å². The average molecular weight is 387 g/mol. The zero-order valence-corrected chi connectivity index (χ0v) is 15.3. The molecule has 1 aliphatic rings. The van der Waals surface area contributed by atoms with Crippen LogP contribution in [0.5, 0.6) is 0 Å². The summed E-state index contributed by atoms with van der Waals surface area (Å²) >= 11 is 5.79. The van der Waals surface area contributed by atoms with Gasteiger partial charge in [0.15, 0.2) is 5.78 Å². The Morgan fingerprint density at radius 2 is 1.78 bits per heavy atom. The number of ketones is 1. The van der Waals surface area contributed by atoms with E-state index in [1.165, 1.54) is 4.90 Å². The molecule has 1 saturated heterocycles. The summed E-state index contributed by atoms with van der Waals surface area (Å²) in [5, 5.41) is 3.27. The molecule has 1 aliphatic heterocycles. The van der Waals surface area contributed by atoms with E-state index in [1.54, 1.807) is 24.3 Å². The smallest absolute Gasteiger partial charge is 0.414 e. The molecule has 140 valence electrons. The molecular weight excluding hydrogens is 368 g/mol. The lowest BCUT2D eigenvalue weighted by atomic mass is 10.1. The Bertz CT molecular complexity index is 824. The maximum atomic E-state index is 12.1. The van der Waals surface area contributed by atoms with Gasteiger partial charge in [0.25, 0.3) is 0 Å². The van der Waals surface area contributed by atoms with Crippen LogP contribution in [0.1, 0.15) is 23.2 Å². The fraction of sp³-hybridized carbons (Fsp3) is 0.250. The van der Waals surface area contributed by atoms with E-state index >= 15 is 0 Å². The summed E-state index contributed by atoms with van der Waals surface area (Å²) in [6, 6.07) is 15.8. The number of rotatable bonds is 7. The predicted octanol–water partition coefficient (Wildman–Crippen LogP) is 3.44. The van der Waals surface area contributed by atoms with Crippen LogP contribution in [0.25, 0.3) is 0 Å². The summed E-state index contributed by atoms with van der Waals surface area (Å²) in [4.78, 5) is 37.5. The number of Topliss-reactive ketones (excluding diaryl/α,β-unsaturated/α-hetero) is 1. The highest BCUT2D eigenvalue weighted by Gasteiger charge is 2.32. The molecule has 1 heterocycles. The third kappa shape index (κ3) is 5.08. The summed E-state index contributed by atoms with van der Waals surface area (Å²) in [5.41, 5.74) is 1.28. The minimum absolute atomic E-state index is 0.0739. The highest BCUT2D eigenvalue weighted by Crippen LogP contribution is 2.20. The topological polar surface area (TPSA) is 75.7 Å². The number of anilines is 1. The van der Waals surface area contributed by atoms with E-state index in [4.69, 9.17) is 16.3 Å². The highest BCUT2D eigenvalue weighted by molar-refractivity contribution is 6.30. The number of halogens is 1. The average Bonchev–Trinajstić information content (AvgIpc) is 3.06. The van der Waals surface area contributed by atoms with E-state index < -0.39 is 12.2 Å². The summed E-state index contributed by atoms with van der Waals surface area (Å²) in [6.45, 7) is 0.579. The Kier molecular flexibility index (Phi) is 6.08. The van der Waals surface area contributed by atoms with Gasteiger partial charge in [-0.25, -0.2) is 4.79 Å². The van der Waals surface area contributed by atoms with Gasteiger partial charge in [-0.2, -0.15) is 0 Å². The largest absolute Gasteiger partial charge is 0.442 e. The number of nitrogens with one attached hydrogen (secondary N) is 1. The van der Waals surface area contributed by atoms with Crippen molar-refractivity contribution in [2.24, 2.45) is 0 Å². The van der Waals surface area contributed by atoms with Crippen molar-refractivity contribution in [3.63, 3.8) is 0 Å². The summed E-state index contributed by atoms with van der Waals surface area (Å²) in [6.07, 6.45) is -0.675. The number of hydrogen-bond acceptors (Lipinski definition) is 4. The van der Waals surface area contributed by atoms with Crippen molar-refractivity contribution in [2.75, 3.05) is 18.0 Å². The standard InChI is InChI=1S/C20H19ClN2O4/c21-15-8-6-14(7-9-15)18(24)10-11-19(25)22-12-17-13-23(20(26)27-17)16-4-2-1-3-5-16/h1-9,17H,10-13H2,(H,22,25). The minimum Gasteiger partial charge on any atom is -0.442 e. The Labute approximate surface area is 162 Å². The van der Waals surface area contributed by atoms with Crippen LogP contribution in [-0.4, -0.2) is 37.0 Å². The van der Waals surface area contributed by atoms with Crippen molar-refractivity contribution in [3.8, 4) is 0 Å². The number of para-hydroxylation sites is 1. The second-order valence-corrected chi connectivity index (χ2v) is 6.62. The van der Waals surface area contributed by atoms with Gasteiger partial charge in [0.05, 0.1) is 13.1 Å². The highest BCUT2D eigenvalue weighted by atomic mass is 35.5. The van der Waals surface area contributed by atoms with Crippen molar-refractivity contribution < 1.29 is 19.1 Å². The Morgan fingerprint density at radius 3 is 2.48 bits per heavy atom. The molecule has 2 amide bonds. The first kappa shape index (κ1) is 18.9. The third-order valence-corrected chi connectivity index (χ3v) is 4.47. The van der Waals surface area contributed by atoms with E-state index in [0.29, 0.717) is 17.1 Å². The molecule has 0 aromatic heterocycles. The van der Waals surface area contributed by atoms with Crippen molar-refractivity contribution in [1.29, 1.82) is 0 Å². The monoisotopic (exact) mass is 386 g/mol. The number of amides is 2. The molecule has 1 unspecified atom stereocenters. The summed E-state index contributed by atoms with van der Waals surface area (Å²) in [5.74, 6) is -0.379. The number of hydrogen-bond donors (Lipinski definition) is 1. The summed E-state index contributed by atoms with van der Waals surface area (Å²) < 4.78 is 5.28. The van der Waals surface area contributed by atoms with Crippen LogP contribution in [-0.2, 0) is 9.53 Å². The first-order valence-corrected chi connectivity index (χ1v) is 8.99. The van der Waals surface area contributed by atoms with Gasteiger partial charge in [0.1, 0.15) is 6.10 Å². The second-order valence-electron chi connectivity index (χ2n) is 6.19. The van der Waals surface area contributed by atoms with Gasteiger partial charge in [-0.3, -0.25) is 14.5 Å². The zero-order chi connectivity index (χ0) is 19.2. The molecule has 0 bridgehead atoms. The van der Waals surface area contributed by atoms with E-state index in [2.05, 4.69) is 5.32 Å². The molecule has 1 atom stereocenters. The molecule has 2 aromatic carbocycles. The lowest BCUT2D eigenvalue weighted by Gasteiger charge is -2.12. The van der Waals surface area contributed by atoms with Gasteiger partial charge in [-0.05, 0) is 36.4 Å². The fourth-order valence-corrected chi connectivity index (χ4v) is 2.90. The molecule has 0 radical (unpaired) electrons. The van der Waals surface area contributed by atoms with Gasteiger partial charge in [0.2, 0.25) is 5.91 Å². The lowest BCUT2D eigenvalue weighted by Crippen LogP contribution is -2.34. The number of carbonyl (C=O) groups is 3. The van der Waals surface area contributed by atoms with Crippen LogP contribution in [0.2, 0.25) is 5.02 Å². The van der Waals surface area contributed by atoms with E-state index in [9.17, 15) is 14.4 Å². The third-order valence-electron chi connectivity index (χ3n) is 4.21. The van der Waals surface area contributed by atoms with Crippen molar-refractivity contribution in [3.05, 3.63) is 65.2 Å². The molecule has 3 rings (SSSR count). The van der Waals surface area contributed by atoms with Crippen LogP contribution >= 0.6 is 11.6 Å². The molecule has 0 aliphatic carbocycles. The van der Waals surface area contributed by atoms with Crippen LogP contribution in [0.15, 0.2) is 54.6 Å². The Balaban J connectivity index is 1.42. The first-order valence-electron chi connectivity index (χ1n) is 8.61.